The average Bonchev–Trinajstić information content (AvgIpc) is 2.12. The van der Waals surface area contributed by atoms with Crippen molar-refractivity contribution in [3.8, 4) is 12.3 Å². The fourth-order valence-electron chi connectivity index (χ4n) is 0.915. The fraction of sp³-hybridized carbons (Fsp3) is 0.600. The molecule has 0 rings (SSSR count). The average molecular weight is 197 g/mol. The number of hydrogen-bond donors (Lipinski definition) is 2. The van der Waals surface area contributed by atoms with Crippen LogP contribution in [0.1, 0.15) is 26.2 Å². The molecular formula is C10H15NO3. The van der Waals surface area contributed by atoms with Gasteiger partial charge in [0.1, 0.15) is 0 Å². The first-order valence-electron chi connectivity index (χ1n) is 4.51. The molecule has 0 aliphatic carbocycles. The molecule has 0 aliphatic rings. The molecule has 0 aromatic carbocycles. The van der Waals surface area contributed by atoms with Crippen LogP contribution in [-0.2, 0) is 9.59 Å². The van der Waals surface area contributed by atoms with Crippen molar-refractivity contribution in [1.82, 2.24) is 5.32 Å². The number of rotatable bonds is 6. The van der Waals surface area contributed by atoms with E-state index in [1.54, 1.807) is 6.92 Å². The van der Waals surface area contributed by atoms with Gasteiger partial charge in [0.2, 0.25) is 5.91 Å². The Labute approximate surface area is 83.7 Å². The van der Waals surface area contributed by atoms with Crippen LogP contribution in [0, 0.1) is 18.3 Å². The van der Waals surface area contributed by atoms with E-state index in [-0.39, 0.29) is 18.2 Å². The summed E-state index contributed by atoms with van der Waals surface area (Å²) in [7, 11) is 0. The van der Waals surface area contributed by atoms with Gasteiger partial charge >= 0.3 is 5.97 Å². The van der Waals surface area contributed by atoms with E-state index >= 15 is 0 Å². The number of carboxylic acids is 1. The van der Waals surface area contributed by atoms with E-state index in [9.17, 15) is 9.59 Å². The zero-order valence-corrected chi connectivity index (χ0v) is 8.25. The molecule has 0 fully saturated rings. The Morgan fingerprint density at radius 2 is 2.21 bits per heavy atom. The minimum absolute atomic E-state index is 0.0779. The SMILES string of the molecule is C#CCC(=O)NCCCC(C)C(=O)O. The molecule has 1 unspecified atom stereocenters. The van der Waals surface area contributed by atoms with Crippen LogP contribution in [0.2, 0.25) is 0 Å². The van der Waals surface area contributed by atoms with Crippen LogP contribution in [-0.4, -0.2) is 23.5 Å². The van der Waals surface area contributed by atoms with Gasteiger partial charge in [-0.2, -0.15) is 0 Å². The van der Waals surface area contributed by atoms with Gasteiger partial charge in [-0.15, -0.1) is 6.42 Å². The van der Waals surface area contributed by atoms with E-state index in [4.69, 9.17) is 11.5 Å². The molecule has 78 valence electrons. The Kier molecular flexibility index (Phi) is 6.21. The highest BCUT2D eigenvalue weighted by molar-refractivity contribution is 5.78. The standard InChI is InChI=1S/C10H15NO3/c1-3-5-9(12)11-7-4-6-8(2)10(13)14/h1,8H,4-7H2,2H3,(H,11,12)(H,13,14). The second-order valence-corrected chi connectivity index (χ2v) is 3.11. The summed E-state index contributed by atoms with van der Waals surface area (Å²) >= 11 is 0. The summed E-state index contributed by atoms with van der Waals surface area (Å²) in [5, 5.41) is 11.2. The monoisotopic (exact) mass is 197 g/mol. The summed E-state index contributed by atoms with van der Waals surface area (Å²) < 4.78 is 0. The van der Waals surface area contributed by atoms with Crippen molar-refractivity contribution < 1.29 is 14.7 Å². The van der Waals surface area contributed by atoms with Crippen molar-refractivity contribution in [1.29, 1.82) is 0 Å². The summed E-state index contributed by atoms with van der Waals surface area (Å²) in [5.41, 5.74) is 0. The highest BCUT2D eigenvalue weighted by atomic mass is 16.4. The molecule has 0 aromatic heterocycles. The van der Waals surface area contributed by atoms with E-state index in [2.05, 4.69) is 11.2 Å². The van der Waals surface area contributed by atoms with Crippen LogP contribution < -0.4 is 5.32 Å². The van der Waals surface area contributed by atoms with Gasteiger partial charge in [0.15, 0.2) is 0 Å². The third-order valence-corrected chi connectivity index (χ3v) is 1.82. The lowest BCUT2D eigenvalue weighted by Gasteiger charge is -2.06. The molecule has 1 amide bonds. The lowest BCUT2D eigenvalue weighted by Crippen LogP contribution is -2.24. The summed E-state index contributed by atoms with van der Waals surface area (Å²) in [5.74, 6) is 0.877. The maximum atomic E-state index is 10.9. The molecular weight excluding hydrogens is 182 g/mol. The number of amides is 1. The molecule has 0 aromatic rings. The topological polar surface area (TPSA) is 66.4 Å². The Bertz CT molecular complexity index is 242. The van der Waals surface area contributed by atoms with E-state index < -0.39 is 5.97 Å². The van der Waals surface area contributed by atoms with E-state index in [1.807, 2.05) is 0 Å². The molecule has 0 saturated heterocycles. The summed E-state index contributed by atoms with van der Waals surface area (Å²) in [6.07, 6.45) is 6.23. The third kappa shape index (κ3) is 6.06. The molecule has 0 radical (unpaired) electrons. The molecule has 0 spiro atoms. The van der Waals surface area contributed by atoms with Gasteiger partial charge in [0, 0.05) is 6.54 Å². The van der Waals surface area contributed by atoms with E-state index in [0.717, 1.165) is 0 Å². The Morgan fingerprint density at radius 3 is 2.71 bits per heavy atom. The van der Waals surface area contributed by atoms with Crippen molar-refractivity contribution in [3.63, 3.8) is 0 Å². The zero-order chi connectivity index (χ0) is 11.0. The van der Waals surface area contributed by atoms with Crippen LogP contribution in [0.5, 0.6) is 0 Å². The van der Waals surface area contributed by atoms with Gasteiger partial charge in [-0.05, 0) is 12.8 Å². The van der Waals surface area contributed by atoms with Gasteiger partial charge in [0.25, 0.3) is 0 Å². The summed E-state index contributed by atoms with van der Waals surface area (Å²) in [4.78, 5) is 21.3. The van der Waals surface area contributed by atoms with E-state index in [1.165, 1.54) is 0 Å². The molecule has 0 saturated carbocycles. The molecule has 0 heterocycles. The zero-order valence-electron chi connectivity index (χ0n) is 8.25. The maximum Gasteiger partial charge on any atom is 0.306 e. The van der Waals surface area contributed by atoms with Gasteiger partial charge in [-0.25, -0.2) is 0 Å². The molecule has 4 heteroatoms. The van der Waals surface area contributed by atoms with Crippen LogP contribution in [0.15, 0.2) is 0 Å². The number of aliphatic carboxylic acids is 1. The summed E-state index contributed by atoms with van der Waals surface area (Å²) in [6, 6.07) is 0. The number of nitrogens with one attached hydrogen (secondary N) is 1. The predicted octanol–water partition coefficient (Wildman–Crippen LogP) is 0.627. The minimum atomic E-state index is -0.806. The van der Waals surface area contributed by atoms with Crippen molar-refractivity contribution in [2.24, 2.45) is 5.92 Å². The molecule has 1 atom stereocenters. The Morgan fingerprint density at radius 1 is 1.57 bits per heavy atom. The molecule has 0 aliphatic heterocycles. The van der Waals surface area contributed by atoms with Crippen LogP contribution >= 0.6 is 0 Å². The lowest BCUT2D eigenvalue weighted by atomic mass is 10.1. The fourth-order valence-corrected chi connectivity index (χ4v) is 0.915. The molecule has 14 heavy (non-hydrogen) atoms. The number of carbonyl (C=O) groups is 2. The lowest BCUT2D eigenvalue weighted by molar-refractivity contribution is -0.141. The first-order valence-corrected chi connectivity index (χ1v) is 4.51. The number of carbonyl (C=O) groups excluding carboxylic acids is 1. The van der Waals surface area contributed by atoms with Crippen LogP contribution in [0.4, 0.5) is 0 Å². The van der Waals surface area contributed by atoms with Crippen molar-refractivity contribution >= 4 is 11.9 Å². The van der Waals surface area contributed by atoms with Crippen molar-refractivity contribution in [2.75, 3.05) is 6.54 Å². The van der Waals surface area contributed by atoms with Gasteiger partial charge in [-0.3, -0.25) is 9.59 Å². The van der Waals surface area contributed by atoms with E-state index in [0.29, 0.717) is 19.4 Å². The number of terminal acetylenes is 1. The van der Waals surface area contributed by atoms with Crippen LogP contribution in [0.25, 0.3) is 0 Å². The first kappa shape index (κ1) is 12.5. The second-order valence-electron chi connectivity index (χ2n) is 3.11. The third-order valence-electron chi connectivity index (χ3n) is 1.82. The summed E-state index contributed by atoms with van der Waals surface area (Å²) in [6.45, 7) is 2.13. The highest BCUT2D eigenvalue weighted by Gasteiger charge is 2.09. The van der Waals surface area contributed by atoms with Crippen molar-refractivity contribution in [2.45, 2.75) is 26.2 Å². The van der Waals surface area contributed by atoms with Gasteiger partial charge < -0.3 is 10.4 Å². The molecule has 0 bridgehead atoms. The maximum absolute atomic E-state index is 10.9. The quantitative estimate of drug-likeness (QED) is 0.484. The van der Waals surface area contributed by atoms with Crippen molar-refractivity contribution in [3.05, 3.63) is 0 Å². The number of hydrogen-bond acceptors (Lipinski definition) is 2. The Balaban J connectivity index is 3.43. The number of carboxylic acid groups (broad SMARTS) is 1. The Hall–Kier alpha value is -1.50. The second kappa shape index (κ2) is 6.96. The van der Waals surface area contributed by atoms with Gasteiger partial charge in [0.05, 0.1) is 12.3 Å². The predicted molar refractivity (Wildman–Crippen MR) is 52.5 cm³/mol. The first-order chi connectivity index (χ1) is 6.57. The molecule has 4 nitrogen and oxygen atoms in total. The smallest absolute Gasteiger partial charge is 0.306 e. The minimum Gasteiger partial charge on any atom is -0.481 e. The van der Waals surface area contributed by atoms with Gasteiger partial charge in [-0.1, -0.05) is 12.8 Å². The largest absolute Gasteiger partial charge is 0.481 e. The normalized spacial score (nSPS) is 11.4. The highest BCUT2D eigenvalue weighted by Crippen LogP contribution is 2.03. The molecule has 2 N–H and O–H groups in total. The van der Waals surface area contributed by atoms with Crippen LogP contribution in [0.3, 0.4) is 0 Å².